The van der Waals surface area contributed by atoms with Crippen LogP contribution in [0.5, 0.6) is 5.75 Å². The first-order valence-electron chi connectivity index (χ1n) is 11.7. The van der Waals surface area contributed by atoms with Gasteiger partial charge < -0.3 is 21.9 Å². The Morgan fingerprint density at radius 1 is 1.00 bits per heavy atom. The average molecular weight is 530 g/mol. The lowest BCUT2D eigenvalue weighted by Crippen LogP contribution is -2.44. The van der Waals surface area contributed by atoms with Gasteiger partial charge in [0.1, 0.15) is 16.7 Å². The second kappa shape index (κ2) is 11.1. The molecule has 3 amide bonds. The third-order valence-electron chi connectivity index (χ3n) is 5.88. The van der Waals surface area contributed by atoms with E-state index in [2.05, 4.69) is 9.69 Å². The van der Waals surface area contributed by atoms with Gasteiger partial charge in [0.25, 0.3) is 11.8 Å². The van der Waals surface area contributed by atoms with Gasteiger partial charge in [-0.3, -0.25) is 19.3 Å². The number of carbonyl (C=O) groups is 3. The number of aromatic hydroxyl groups is 1. The molecule has 9 nitrogen and oxygen atoms in total. The second-order valence-corrected chi connectivity index (χ2v) is 9.63. The molecule has 4 aromatic rings. The molecule has 0 spiro atoms. The molecule has 1 heterocycles. The predicted octanol–water partition coefficient (Wildman–Crippen LogP) is 3.85. The fourth-order valence-corrected chi connectivity index (χ4v) is 4.91. The Morgan fingerprint density at radius 2 is 1.63 bits per heavy atom. The summed E-state index contributed by atoms with van der Waals surface area (Å²) in [4.78, 5) is 41.1. The summed E-state index contributed by atoms with van der Waals surface area (Å²) < 4.78 is 3.97. The van der Waals surface area contributed by atoms with Gasteiger partial charge in [-0.1, -0.05) is 48.5 Å². The summed E-state index contributed by atoms with van der Waals surface area (Å²) in [6, 6.07) is 19.8. The van der Waals surface area contributed by atoms with Gasteiger partial charge in [0.2, 0.25) is 5.91 Å². The largest absolute Gasteiger partial charge is 0.508 e. The maximum atomic E-state index is 14.1. The van der Waals surface area contributed by atoms with Crippen molar-refractivity contribution < 1.29 is 19.5 Å². The number of nitrogens with zero attached hydrogens (tertiary/aromatic N) is 2. The Balaban J connectivity index is 1.86. The van der Waals surface area contributed by atoms with Crippen LogP contribution in [0.3, 0.4) is 0 Å². The van der Waals surface area contributed by atoms with Crippen molar-refractivity contribution in [2.75, 3.05) is 10.6 Å². The number of carbonyl (C=O) groups excluding carboxylic acids is 3. The van der Waals surface area contributed by atoms with Gasteiger partial charge in [0.15, 0.2) is 5.69 Å². The van der Waals surface area contributed by atoms with E-state index in [1.165, 1.54) is 17.0 Å². The molecule has 3 aromatic carbocycles. The van der Waals surface area contributed by atoms with E-state index in [4.69, 9.17) is 11.5 Å². The van der Waals surface area contributed by atoms with Crippen LogP contribution in [-0.4, -0.2) is 27.2 Å². The number of primary amides is 1. The maximum absolute atomic E-state index is 14.1. The van der Waals surface area contributed by atoms with E-state index in [1.807, 2.05) is 50.2 Å². The first-order chi connectivity index (χ1) is 18.2. The van der Waals surface area contributed by atoms with E-state index >= 15 is 0 Å². The van der Waals surface area contributed by atoms with E-state index in [1.54, 1.807) is 24.3 Å². The number of benzene rings is 3. The van der Waals surface area contributed by atoms with Gasteiger partial charge in [-0.25, -0.2) is 0 Å². The van der Waals surface area contributed by atoms with E-state index in [9.17, 15) is 19.5 Å². The van der Waals surface area contributed by atoms with Crippen molar-refractivity contribution in [1.82, 2.24) is 9.69 Å². The number of nitrogens with one attached hydrogen (secondary N) is 1. The first-order valence-corrected chi connectivity index (χ1v) is 12.5. The number of aromatic nitrogens is 1. The van der Waals surface area contributed by atoms with Crippen LogP contribution in [0.15, 0.2) is 72.8 Å². The highest BCUT2D eigenvalue weighted by Crippen LogP contribution is 2.34. The number of anilines is 2. The number of aryl methyl sites for hydroxylation is 2. The van der Waals surface area contributed by atoms with Gasteiger partial charge in [0, 0.05) is 12.2 Å². The quantitative estimate of drug-likeness (QED) is 0.272. The molecular formula is C28H27N5O4S. The van der Waals surface area contributed by atoms with Crippen LogP contribution in [0, 0.1) is 13.8 Å². The molecule has 1 aromatic heterocycles. The lowest BCUT2D eigenvalue weighted by atomic mass is 10.0. The predicted molar refractivity (Wildman–Crippen MR) is 147 cm³/mol. The van der Waals surface area contributed by atoms with Crippen molar-refractivity contribution in [1.29, 1.82) is 0 Å². The van der Waals surface area contributed by atoms with Crippen LogP contribution in [0.2, 0.25) is 0 Å². The summed E-state index contributed by atoms with van der Waals surface area (Å²) in [5.74, 6) is -1.92. The summed E-state index contributed by atoms with van der Waals surface area (Å²) in [6.45, 7) is 4.00. The molecule has 0 saturated heterocycles. The third kappa shape index (κ3) is 5.65. The molecule has 10 heteroatoms. The Morgan fingerprint density at radius 3 is 2.21 bits per heavy atom. The van der Waals surface area contributed by atoms with Gasteiger partial charge in [-0.2, -0.15) is 4.37 Å². The molecule has 0 radical (unpaired) electrons. The minimum absolute atomic E-state index is 0.0132. The van der Waals surface area contributed by atoms with E-state index in [0.717, 1.165) is 28.2 Å². The highest BCUT2D eigenvalue weighted by molar-refractivity contribution is 7.09. The molecule has 194 valence electrons. The SMILES string of the molecule is Cc1cc(C)cc(N(C(=O)c2snc(C(N)=O)c2N)C(C(=O)NCc2ccccc2)c2ccc(O)cc2)c1. The van der Waals surface area contributed by atoms with Crippen LogP contribution in [0.1, 0.15) is 48.5 Å². The minimum Gasteiger partial charge on any atom is -0.508 e. The normalized spacial score (nSPS) is 11.5. The van der Waals surface area contributed by atoms with Gasteiger partial charge in [-0.05, 0) is 71.9 Å². The number of phenolic OH excluding ortho intramolecular Hbond substituents is 1. The Bertz CT molecular complexity index is 1460. The highest BCUT2D eigenvalue weighted by atomic mass is 32.1. The lowest BCUT2D eigenvalue weighted by molar-refractivity contribution is -0.122. The molecule has 0 saturated carbocycles. The van der Waals surface area contributed by atoms with E-state index in [0.29, 0.717) is 11.3 Å². The van der Waals surface area contributed by atoms with E-state index < -0.39 is 23.8 Å². The molecule has 0 fully saturated rings. The Kier molecular flexibility index (Phi) is 7.73. The van der Waals surface area contributed by atoms with Gasteiger partial charge >= 0.3 is 0 Å². The van der Waals surface area contributed by atoms with Crippen LogP contribution in [-0.2, 0) is 11.3 Å². The number of rotatable bonds is 8. The number of hydrogen-bond acceptors (Lipinski definition) is 7. The zero-order valence-corrected chi connectivity index (χ0v) is 21.7. The smallest absolute Gasteiger partial charge is 0.273 e. The number of nitrogen functional groups attached to an aromatic ring is 1. The highest BCUT2D eigenvalue weighted by Gasteiger charge is 2.36. The van der Waals surface area contributed by atoms with Crippen LogP contribution >= 0.6 is 11.5 Å². The molecule has 1 unspecified atom stereocenters. The number of hydrogen-bond donors (Lipinski definition) is 4. The van der Waals surface area contributed by atoms with Crippen LogP contribution in [0.25, 0.3) is 0 Å². The van der Waals surface area contributed by atoms with Gasteiger partial charge in [-0.15, -0.1) is 0 Å². The second-order valence-electron chi connectivity index (χ2n) is 8.86. The van der Waals surface area contributed by atoms with E-state index in [-0.39, 0.29) is 28.6 Å². The molecule has 6 N–H and O–H groups in total. The number of phenols is 1. The zero-order chi connectivity index (χ0) is 27.4. The molecule has 1 atom stereocenters. The zero-order valence-electron chi connectivity index (χ0n) is 20.8. The van der Waals surface area contributed by atoms with Crippen LogP contribution < -0.4 is 21.7 Å². The molecule has 38 heavy (non-hydrogen) atoms. The summed E-state index contributed by atoms with van der Waals surface area (Å²) in [6.07, 6.45) is 0. The molecular weight excluding hydrogens is 502 g/mol. The lowest BCUT2D eigenvalue weighted by Gasteiger charge is -2.32. The maximum Gasteiger partial charge on any atom is 0.273 e. The topological polar surface area (TPSA) is 152 Å². The van der Waals surface area contributed by atoms with Crippen molar-refractivity contribution >= 4 is 40.6 Å². The molecule has 0 aliphatic rings. The Labute approximate surface area is 223 Å². The van der Waals surface area contributed by atoms with Crippen LogP contribution in [0.4, 0.5) is 11.4 Å². The molecule has 0 aliphatic carbocycles. The minimum atomic E-state index is -1.15. The fraction of sp³-hybridized carbons (Fsp3) is 0.143. The van der Waals surface area contributed by atoms with Crippen molar-refractivity contribution in [3.05, 3.63) is 106 Å². The van der Waals surface area contributed by atoms with Crippen molar-refractivity contribution in [2.24, 2.45) is 5.73 Å². The number of amides is 3. The summed E-state index contributed by atoms with van der Waals surface area (Å²) in [5.41, 5.74) is 14.7. The summed E-state index contributed by atoms with van der Waals surface area (Å²) >= 11 is 0.742. The van der Waals surface area contributed by atoms with Crippen molar-refractivity contribution in [3.8, 4) is 5.75 Å². The number of nitrogens with two attached hydrogens (primary N) is 2. The monoisotopic (exact) mass is 529 g/mol. The Hall–Kier alpha value is -4.70. The molecule has 0 aliphatic heterocycles. The fourth-order valence-electron chi connectivity index (χ4n) is 4.17. The van der Waals surface area contributed by atoms with Crippen molar-refractivity contribution in [2.45, 2.75) is 26.4 Å². The average Bonchev–Trinajstić information content (AvgIpc) is 3.27. The summed E-state index contributed by atoms with van der Waals surface area (Å²) in [7, 11) is 0. The third-order valence-corrected chi connectivity index (χ3v) is 6.73. The standard InChI is InChI=1S/C28H27N5O4S/c1-16-12-17(2)14-20(13-16)33(28(37)25-22(29)23(26(30)35)32-38-25)24(19-8-10-21(34)11-9-19)27(36)31-15-18-6-4-3-5-7-18/h3-14,24,34H,15,29H2,1-2H3,(H2,30,35)(H,31,36). The molecule has 0 bridgehead atoms. The van der Waals surface area contributed by atoms with Gasteiger partial charge in [0.05, 0.1) is 5.69 Å². The summed E-state index contributed by atoms with van der Waals surface area (Å²) in [5, 5.41) is 12.8. The first kappa shape index (κ1) is 26.4. The van der Waals surface area contributed by atoms with Crippen molar-refractivity contribution in [3.63, 3.8) is 0 Å². The molecule has 4 rings (SSSR count).